The Balaban J connectivity index is 2.24. The summed E-state index contributed by atoms with van der Waals surface area (Å²) in [6, 6.07) is 0.473. The van der Waals surface area contributed by atoms with Gasteiger partial charge in [-0.05, 0) is 39.5 Å². The summed E-state index contributed by atoms with van der Waals surface area (Å²) in [5.41, 5.74) is -0.613. The molecule has 4 nitrogen and oxygen atoms in total. The number of esters is 1. The monoisotopic (exact) mass is 299 g/mol. The number of hydrogen-bond donors (Lipinski definition) is 1. The van der Waals surface area contributed by atoms with Crippen LogP contribution in [0.4, 0.5) is 0 Å². The van der Waals surface area contributed by atoms with Crippen LogP contribution in [-0.4, -0.2) is 37.4 Å². The van der Waals surface area contributed by atoms with E-state index in [-0.39, 0.29) is 12.1 Å². The zero-order valence-corrected chi connectivity index (χ0v) is 14.2. The van der Waals surface area contributed by atoms with Gasteiger partial charge >= 0.3 is 5.97 Å². The molecule has 0 heterocycles. The van der Waals surface area contributed by atoms with Gasteiger partial charge in [-0.2, -0.15) is 0 Å². The van der Waals surface area contributed by atoms with E-state index in [9.17, 15) is 4.79 Å². The molecule has 1 fully saturated rings. The van der Waals surface area contributed by atoms with Crippen molar-refractivity contribution in [3.8, 4) is 0 Å². The number of unbranched alkanes of at least 4 members (excludes halogenated alkanes) is 3. The first-order valence-corrected chi connectivity index (χ1v) is 8.49. The minimum atomic E-state index is -0.613. The van der Waals surface area contributed by atoms with Gasteiger partial charge in [-0.1, -0.05) is 32.6 Å². The Labute approximate surface area is 130 Å². The molecule has 1 aliphatic rings. The van der Waals surface area contributed by atoms with Crippen LogP contribution in [0.15, 0.2) is 0 Å². The summed E-state index contributed by atoms with van der Waals surface area (Å²) in [6.45, 7) is 6.86. The maximum atomic E-state index is 12.0. The van der Waals surface area contributed by atoms with Crippen molar-refractivity contribution in [1.82, 2.24) is 5.32 Å². The van der Waals surface area contributed by atoms with Gasteiger partial charge < -0.3 is 9.47 Å². The van der Waals surface area contributed by atoms with E-state index in [4.69, 9.17) is 9.47 Å². The van der Waals surface area contributed by atoms with Gasteiger partial charge in [0.15, 0.2) is 0 Å². The van der Waals surface area contributed by atoms with E-state index >= 15 is 0 Å². The normalized spacial score (nSPS) is 19.0. The highest BCUT2D eigenvalue weighted by molar-refractivity contribution is 5.80. The van der Waals surface area contributed by atoms with Crippen molar-refractivity contribution < 1.29 is 14.3 Å². The summed E-state index contributed by atoms with van der Waals surface area (Å²) in [6.07, 6.45) is 9.42. The first kappa shape index (κ1) is 18.4. The van der Waals surface area contributed by atoms with Gasteiger partial charge in [0.1, 0.15) is 5.54 Å². The van der Waals surface area contributed by atoms with Gasteiger partial charge in [-0.3, -0.25) is 10.1 Å². The second-order valence-electron chi connectivity index (χ2n) is 6.52. The van der Waals surface area contributed by atoms with Crippen LogP contribution in [0.3, 0.4) is 0 Å². The second kappa shape index (κ2) is 9.42. The predicted octanol–water partition coefficient (Wildman–Crippen LogP) is 3.44. The molecular weight excluding hydrogens is 266 g/mol. The lowest BCUT2D eigenvalue weighted by Crippen LogP contribution is -2.52. The Morgan fingerprint density at radius 2 is 2.05 bits per heavy atom. The highest BCUT2D eigenvalue weighted by atomic mass is 16.5. The summed E-state index contributed by atoms with van der Waals surface area (Å²) >= 11 is 0. The van der Waals surface area contributed by atoms with Gasteiger partial charge in [0.2, 0.25) is 0 Å². The molecule has 0 aromatic carbocycles. The summed E-state index contributed by atoms with van der Waals surface area (Å²) in [4.78, 5) is 12.0. The van der Waals surface area contributed by atoms with Crippen LogP contribution < -0.4 is 5.32 Å². The predicted molar refractivity (Wildman–Crippen MR) is 85.4 cm³/mol. The number of methoxy groups -OCH3 is 1. The second-order valence-corrected chi connectivity index (χ2v) is 6.52. The fourth-order valence-corrected chi connectivity index (χ4v) is 2.54. The maximum Gasteiger partial charge on any atom is 0.325 e. The van der Waals surface area contributed by atoms with Crippen molar-refractivity contribution in [3.63, 3.8) is 0 Å². The topological polar surface area (TPSA) is 47.6 Å². The molecule has 1 rings (SSSR count). The van der Waals surface area contributed by atoms with E-state index in [1.807, 2.05) is 6.92 Å². The van der Waals surface area contributed by atoms with Crippen molar-refractivity contribution in [1.29, 1.82) is 0 Å². The molecule has 0 aliphatic heterocycles. The van der Waals surface area contributed by atoms with Crippen molar-refractivity contribution in [2.75, 3.05) is 13.7 Å². The van der Waals surface area contributed by atoms with Gasteiger partial charge in [-0.25, -0.2) is 0 Å². The van der Waals surface area contributed by atoms with E-state index in [1.165, 1.54) is 32.8 Å². The van der Waals surface area contributed by atoms with Gasteiger partial charge in [-0.15, -0.1) is 0 Å². The highest BCUT2D eigenvalue weighted by Crippen LogP contribution is 2.25. The average Bonchev–Trinajstić information content (AvgIpc) is 3.26. The summed E-state index contributed by atoms with van der Waals surface area (Å²) in [5, 5.41) is 3.40. The van der Waals surface area contributed by atoms with Crippen LogP contribution in [0, 0.1) is 0 Å². The van der Waals surface area contributed by atoms with Crippen LogP contribution in [0.2, 0.25) is 0 Å². The van der Waals surface area contributed by atoms with Gasteiger partial charge in [0.25, 0.3) is 0 Å². The molecule has 124 valence electrons. The molecule has 21 heavy (non-hydrogen) atoms. The third kappa shape index (κ3) is 7.28. The maximum absolute atomic E-state index is 12.0. The van der Waals surface area contributed by atoms with E-state index in [1.54, 1.807) is 0 Å². The molecule has 1 aliphatic carbocycles. The van der Waals surface area contributed by atoms with Crippen LogP contribution in [-0.2, 0) is 14.3 Å². The zero-order valence-electron chi connectivity index (χ0n) is 14.2. The molecule has 0 saturated heterocycles. The first-order chi connectivity index (χ1) is 10.0. The molecule has 0 aromatic heterocycles. The van der Waals surface area contributed by atoms with Crippen LogP contribution >= 0.6 is 0 Å². The van der Waals surface area contributed by atoms with E-state index in [0.717, 1.165) is 19.3 Å². The molecule has 2 unspecified atom stereocenters. The summed E-state index contributed by atoms with van der Waals surface area (Å²) in [5.74, 6) is -0.186. The lowest BCUT2D eigenvalue weighted by molar-refractivity contribution is -0.149. The lowest BCUT2D eigenvalue weighted by atomic mass is 9.98. The third-order valence-corrected chi connectivity index (χ3v) is 4.20. The largest absolute Gasteiger partial charge is 0.468 e. The van der Waals surface area contributed by atoms with Crippen LogP contribution in [0.1, 0.15) is 72.1 Å². The van der Waals surface area contributed by atoms with Crippen molar-refractivity contribution in [3.05, 3.63) is 0 Å². The van der Waals surface area contributed by atoms with Crippen LogP contribution in [0.25, 0.3) is 0 Å². The summed E-state index contributed by atoms with van der Waals surface area (Å²) < 4.78 is 10.8. The Hall–Kier alpha value is -0.610. The van der Waals surface area contributed by atoms with Crippen molar-refractivity contribution in [2.45, 2.75) is 89.8 Å². The minimum absolute atomic E-state index is 0.186. The molecule has 4 heteroatoms. The van der Waals surface area contributed by atoms with E-state index < -0.39 is 5.54 Å². The number of ether oxygens (including phenoxy) is 2. The molecule has 1 N–H and O–H groups in total. The molecule has 0 amide bonds. The number of carbonyl (C=O) groups excluding carboxylic acids is 1. The molecule has 0 bridgehead atoms. The number of rotatable bonds is 12. The van der Waals surface area contributed by atoms with Crippen molar-refractivity contribution >= 4 is 5.97 Å². The SMILES string of the molecule is CCCCCCC(C)OCCC(C)(NC1CC1)C(=O)OC. The Morgan fingerprint density at radius 1 is 1.33 bits per heavy atom. The highest BCUT2D eigenvalue weighted by Gasteiger charge is 2.39. The van der Waals surface area contributed by atoms with Gasteiger partial charge in [0, 0.05) is 12.6 Å². The van der Waals surface area contributed by atoms with E-state index in [2.05, 4.69) is 19.2 Å². The molecule has 2 atom stereocenters. The Kier molecular flexibility index (Phi) is 8.27. The smallest absolute Gasteiger partial charge is 0.325 e. The molecule has 0 spiro atoms. The van der Waals surface area contributed by atoms with Crippen molar-refractivity contribution in [2.24, 2.45) is 0 Å². The zero-order chi connectivity index (χ0) is 15.7. The average molecular weight is 299 g/mol. The number of hydrogen-bond acceptors (Lipinski definition) is 4. The standard InChI is InChI=1S/C17H33NO3/c1-5-6-7-8-9-14(2)21-13-12-17(3,16(19)20-4)18-15-10-11-15/h14-15,18H,5-13H2,1-4H3. The third-order valence-electron chi connectivity index (χ3n) is 4.20. The Bertz CT molecular complexity index is 304. The van der Waals surface area contributed by atoms with Crippen LogP contribution in [0.5, 0.6) is 0 Å². The minimum Gasteiger partial charge on any atom is -0.468 e. The molecular formula is C17H33NO3. The lowest BCUT2D eigenvalue weighted by Gasteiger charge is -2.28. The Morgan fingerprint density at radius 3 is 2.62 bits per heavy atom. The molecule has 0 radical (unpaired) electrons. The number of nitrogens with one attached hydrogen (secondary N) is 1. The fourth-order valence-electron chi connectivity index (χ4n) is 2.54. The fraction of sp³-hybridized carbons (Fsp3) is 0.941. The molecule has 1 saturated carbocycles. The van der Waals surface area contributed by atoms with E-state index in [0.29, 0.717) is 19.1 Å². The van der Waals surface area contributed by atoms with Gasteiger partial charge in [0.05, 0.1) is 13.2 Å². The molecule has 0 aromatic rings. The quantitative estimate of drug-likeness (QED) is 0.443. The first-order valence-electron chi connectivity index (χ1n) is 8.49. The summed E-state index contributed by atoms with van der Waals surface area (Å²) in [7, 11) is 1.45. The number of carbonyl (C=O) groups is 1.